The van der Waals surface area contributed by atoms with E-state index in [9.17, 15) is 13.2 Å². The zero-order valence-corrected chi connectivity index (χ0v) is 10.8. The molecule has 1 N–H and O–H groups in total. The van der Waals surface area contributed by atoms with Crippen LogP contribution in [0.5, 0.6) is 0 Å². The molecule has 0 saturated heterocycles. The molecule has 1 amide bonds. The van der Waals surface area contributed by atoms with E-state index in [-0.39, 0.29) is 4.90 Å². The first-order chi connectivity index (χ1) is 7.45. The summed E-state index contributed by atoms with van der Waals surface area (Å²) in [5.41, 5.74) is 0. The van der Waals surface area contributed by atoms with Crippen molar-refractivity contribution < 1.29 is 13.2 Å². The Balaban J connectivity index is 2.86. The molecule has 0 unspecified atom stereocenters. The topological polar surface area (TPSA) is 63.2 Å². The SMILES string of the molecule is CCSC(=O)NS(=O)(=O)c1ccc(Cl)cc1. The van der Waals surface area contributed by atoms with Gasteiger partial charge in [0.15, 0.2) is 0 Å². The molecule has 0 aliphatic carbocycles. The van der Waals surface area contributed by atoms with Gasteiger partial charge in [-0.1, -0.05) is 30.3 Å². The smallest absolute Gasteiger partial charge is 0.261 e. The van der Waals surface area contributed by atoms with Gasteiger partial charge in [-0.05, 0) is 30.0 Å². The van der Waals surface area contributed by atoms with E-state index in [0.29, 0.717) is 10.8 Å². The van der Waals surface area contributed by atoms with E-state index in [1.165, 1.54) is 24.3 Å². The number of carbonyl (C=O) groups is 1. The lowest BCUT2D eigenvalue weighted by molar-refractivity contribution is 0.265. The fourth-order valence-corrected chi connectivity index (χ4v) is 2.73. The summed E-state index contributed by atoms with van der Waals surface area (Å²) in [6.45, 7) is 1.76. The van der Waals surface area contributed by atoms with E-state index < -0.39 is 15.3 Å². The maximum absolute atomic E-state index is 11.6. The molecule has 1 aromatic rings. The van der Waals surface area contributed by atoms with E-state index in [2.05, 4.69) is 0 Å². The number of rotatable bonds is 3. The van der Waals surface area contributed by atoms with Gasteiger partial charge >= 0.3 is 0 Å². The maximum atomic E-state index is 11.6. The second-order valence-electron chi connectivity index (χ2n) is 2.78. The van der Waals surface area contributed by atoms with Crippen molar-refractivity contribution in [3.63, 3.8) is 0 Å². The Morgan fingerprint density at radius 3 is 2.44 bits per heavy atom. The second-order valence-corrected chi connectivity index (χ2v) is 6.14. The first kappa shape index (κ1) is 13.3. The van der Waals surface area contributed by atoms with Crippen molar-refractivity contribution in [2.45, 2.75) is 11.8 Å². The summed E-state index contributed by atoms with van der Waals surface area (Å²) in [5, 5.41) is -0.148. The molecule has 0 fully saturated rings. The zero-order valence-electron chi connectivity index (χ0n) is 8.44. The Morgan fingerprint density at radius 1 is 1.38 bits per heavy atom. The number of thioether (sulfide) groups is 1. The number of carbonyl (C=O) groups excluding carboxylic acids is 1. The number of sulfonamides is 1. The van der Waals surface area contributed by atoms with Gasteiger partial charge in [0.1, 0.15) is 0 Å². The number of nitrogens with one attached hydrogen (secondary N) is 1. The average Bonchev–Trinajstić information content (AvgIpc) is 2.17. The maximum Gasteiger partial charge on any atom is 0.292 e. The van der Waals surface area contributed by atoms with Gasteiger partial charge in [0, 0.05) is 5.02 Å². The molecular formula is C9H10ClNO3S2. The standard InChI is InChI=1S/C9H10ClNO3S2/c1-2-15-9(12)11-16(13,14)8-5-3-7(10)4-6-8/h3-6H,2H2,1H3,(H,11,12). The summed E-state index contributed by atoms with van der Waals surface area (Å²) < 4.78 is 25.2. The predicted molar refractivity (Wildman–Crippen MR) is 65.3 cm³/mol. The highest BCUT2D eigenvalue weighted by Crippen LogP contribution is 2.14. The van der Waals surface area contributed by atoms with Crippen LogP contribution in [0.15, 0.2) is 29.2 Å². The summed E-state index contributed by atoms with van der Waals surface area (Å²) in [7, 11) is -3.78. The molecule has 4 nitrogen and oxygen atoms in total. The van der Waals surface area contributed by atoms with Crippen molar-refractivity contribution in [2.24, 2.45) is 0 Å². The Bertz CT molecular complexity index is 470. The molecule has 0 heterocycles. The van der Waals surface area contributed by atoms with Gasteiger partial charge in [-0.25, -0.2) is 13.1 Å². The highest BCUT2D eigenvalue weighted by atomic mass is 35.5. The van der Waals surface area contributed by atoms with Crippen LogP contribution in [0.3, 0.4) is 0 Å². The summed E-state index contributed by atoms with van der Waals surface area (Å²) >= 11 is 6.53. The third-order valence-corrected chi connectivity index (χ3v) is 4.00. The molecule has 0 aliphatic heterocycles. The molecule has 0 bridgehead atoms. The number of hydrogen-bond donors (Lipinski definition) is 1. The van der Waals surface area contributed by atoms with E-state index >= 15 is 0 Å². The van der Waals surface area contributed by atoms with Crippen LogP contribution < -0.4 is 4.72 Å². The Labute approximate surface area is 103 Å². The highest BCUT2D eigenvalue weighted by molar-refractivity contribution is 8.14. The van der Waals surface area contributed by atoms with Crippen molar-refractivity contribution in [1.82, 2.24) is 4.72 Å². The summed E-state index contributed by atoms with van der Waals surface area (Å²) in [4.78, 5) is 11.2. The van der Waals surface area contributed by atoms with E-state index in [1.54, 1.807) is 6.92 Å². The van der Waals surface area contributed by atoms with Gasteiger partial charge in [0.05, 0.1) is 4.90 Å². The van der Waals surface area contributed by atoms with E-state index in [1.807, 2.05) is 4.72 Å². The third-order valence-electron chi connectivity index (χ3n) is 1.62. The number of hydrogen-bond acceptors (Lipinski definition) is 4. The van der Waals surface area contributed by atoms with Gasteiger partial charge in [-0.2, -0.15) is 0 Å². The molecular weight excluding hydrogens is 270 g/mol. The van der Waals surface area contributed by atoms with Crippen LogP contribution in [0, 0.1) is 0 Å². The molecule has 7 heteroatoms. The first-order valence-corrected chi connectivity index (χ1v) is 7.25. The van der Waals surface area contributed by atoms with Crippen molar-refractivity contribution in [3.8, 4) is 0 Å². The molecule has 0 saturated carbocycles. The molecule has 0 aromatic heterocycles. The van der Waals surface area contributed by atoms with Crippen LogP contribution >= 0.6 is 23.4 Å². The van der Waals surface area contributed by atoms with Crippen molar-refractivity contribution >= 4 is 38.6 Å². The molecule has 1 aromatic carbocycles. The lowest BCUT2D eigenvalue weighted by atomic mass is 10.4. The fraction of sp³-hybridized carbons (Fsp3) is 0.222. The van der Waals surface area contributed by atoms with Crippen LogP contribution in [0.4, 0.5) is 4.79 Å². The molecule has 88 valence electrons. The molecule has 0 spiro atoms. The highest BCUT2D eigenvalue weighted by Gasteiger charge is 2.16. The normalized spacial score (nSPS) is 11.1. The van der Waals surface area contributed by atoms with E-state index in [4.69, 9.17) is 11.6 Å². The molecule has 16 heavy (non-hydrogen) atoms. The van der Waals surface area contributed by atoms with Gasteiger partial charge < -0.3 is 0 Å². The molecule has 0 aliphatic rings. The molecule has 0 radical (unpaired) electrons. The third kappa shape index (κ3) is 3.70. The first-order valence-electron chi connectivity index (χ1n) is 4.41. The van der Waals surface area contributed by atoms with Crippen LogP contribution in [-0.4, -0.2) is 19.4 Å². The van der Waals surface area contributed by atoms with Gasteiger partial charge in [0.25, 0.3) is 15.3 Å². The second kappa shape index (κ2) is 5.56. The molecule has 1 rings (SSSR count). The summed E-state index contributed by atoms with van der Waals surface area (Å²) in [5.74, 6) is 0.516. The zero-order chi connectivity index (χ0) is 12.2. The monoisotopic (exact) mass is 279 g/mol. The predicted octanol–water partition coefficient (Wildman–Crippen LogP) is 2.49. The fourth-order valence-electron chi connectivity index (χ4n) is 0.943. The van der Waals surface area contributed by atoms with Gasteiger partial charge in [0.2, 0.25) is 0 Å². The van der Waals surface area contributed by atoms with Crippen LogP contribution in [0.2, 0.25) is 5.02 Å². The minimum Gasteiger partial charge on any atom is -0.261 e. The Kier molecular flexibility index (Phi) is 4.64. The number of amides is 1. The summed E-state index contributed by atoms with van der Waals surface area (Å²) in [6.07, 6.45) is 0. The lowest BCUT2D eigenvalue weighted by Crippen LogP contribution is -2.27. The van der Waals surface area contributed by atoms with Gasteiger partial charge in [-0.3, -0.25) is 4.79 Å². The van der Waals surface area contributed by atoms with Crippen molar-refractivity contribution in [2.75, 3.05) is 5.75 Å². The van der Waals surface area contributed by atoms with Gasteiger partial charge in [-0.15, -0.1) is 0 Å². The lowest BCUT2D eigenvalue weighted by Gasteiger charge is -2.05. The minimum atomic E-state index is -3.78. The quantitative estimate of drug-likeness (QED) is 0.923. The number of benzene rings is 1. The summed E-state index contributed by atoms with van der Waals surface area (Å²) in [6, 6.07) is 5.59. The van der Waals surface area contributed by atoms with Crippen LogP contribution in [-0.2, 0) is 10.0 Å². The Hall–Kier alpha value is -0.720. The molecule has 0 atom stereocenters. The largest absolute Gasteiger partial charge is 0.292 e. The van der Waals surface area contributed by atoms with Crippen molar-refractivity contribution in [1.29, 1.82) is 0 Å². The van der Waals surface area contributed by atoms with Crippen LogP contribution in [0.1, 0.15) is 6.92 Å². The minimum absolute atomic E-state index is 0.0157. The Morgan fingerprint density at radius 2 is 1.94 bits per heavy atom. The van der Waals surface area contributed by atoms with Crippen LogP contribution in [0.25, 0.3) is 0 Å². The number of halogens is 1. The average molecular weight is 280 g/mol. The van der Waals surface area contributed by atoms with Crippen molar-refractivity contribution in [3.05, 3.63) is 29.3 Å². The van der Waals surface area contributed by atoms with E-state index in [0.717, 1.165) is 11.8 Å².